The van der Waals surface area contributed by atoms with Crippen LogP contribution in [-0.4, -0.2) is 6.36 Å². The van der Waals surface area contributed by atoms with E-state index in [0.717, 1.165) is 11.6 Å². The van der Waals surface area contributed by atoms with Crippen LogP contribution in [0.4, 0.5) is 57.1 Å². The summed E-state index contributed by atoms with van der Waals surface area (Å²) in [6.07, 6.45) is -8.78. The second kappa shape index (κ2) is 12.6. The Kier molecular flexibility index (Phi) is 9.08. The summed E-state index contributed by atoms with van der Waals surface area (Å²) >= 11 is 0. The fourth-order valence-corrected chi connectivity index (χ4v) is 5.25. The summed E-state index contributed by atoms with van der Waals surface area (Å²) in [7, 11) is 0. The first-order chi connectivity index (χ1) is 22.4. The predicted molar refractivity (Wildman–Crippen MR) is 149 cm³/mol. The SMILES string of the molecule is C=CCCc1ccc2c(F)c(-c3cc(F)c(-c4cc(F)c(-c5cc(F)c(C(F)(F)OC(F)(F)F)c(F)c5)c(F)c4)c(F)c3)c(F)cc2c1. The Labute approximate surface area is 262 Å². The van der Waals surface area contributed by atoms with Gasteiger partial charge in [0, 0.05) is 5.39 Å². The van der Waals surface area contributed by atoms with Gasteiger partial charge in [-0.2, -0.15) is 8.78 Å². The lowest BCUT2D eigenvalue weighted by atomic mass is 9.94. The Balaban J connectivity index is 1.53. The highest BCUT2D eigenvalue weighted by Gasteiger charge is 2.49. The van der Waals surface area contributed by atoms with Crippen LogP contribution in [0.25, 0.3) is 44.2 Å². The van der Waals surface area contributed by atoms with Crippen molar-refractivity contribution in [2.75, 3.05) is 0 Å². The molecular weight excluding hydrogens is 671 g/mol. The van der Waals surface area contributed by atoms with Gasteiger partial charge < -0.3 is 0 Å². The van der Waals surface area contributed by atoms with E-state index in [1.54, 1.807) is 18.2 Å². The van der Waals surface area contributed by atoms with E-state index >= 15 is 26.3 Å². The molecule has 0 aliphatic carbocycles. The molecule has 0 radical (unpaired) electrons. The molecule has 0 N–H and O–H groups in total. The van der Waals surface area contributed by atoms with Gasteiger partial charge in [0.05, 0.1) is 16.7 Å². The van der Waals surface area contributed by atoms with E-state index in [9.17, 15) is 30.7 Å². The van der Waals surface area contributed by atoms with Gasteiger partial charge in [-0.3, -0.25) is 0 Å². The Hall–Kier alpha value is -4.85. The van der Waals surface area contributed by atoms with Gasteiger partial charge in [0.25, 0.3) is 0 Å². The van der Waals surface area contributed by atoms with Crippen molar-refractivity contribution in [3.8, 4) is 33.4 Å². The van der Waals surface area contributed by atoms with Crippen molar-refractivity contribution in [3.63, 3.8) is 0 Å². The van der Waals surface area contributed by atoms with Gasteiger partial charge in [0.2, 0.25) is 0 Å². The lowest BCUT2D eigenvalue weighted by molar-refractivity contribution is -0.432. The summed E-state index contributed by atoms with van der Waals surface area (Å²) in [5.74, 6) is -13.5. The standard InChI is InChI=1S/C34H17F13O/c1-2-3-4-15-5-6-20-16(7-15)8-25(39)30(32(20)42)19-11-23(37)28(24(38)12-19)17-9-21(35)29(22(36)10-17)18-13-26(40)31(27(41)14-18)33(43,44)48-34(45,46)47/h2,5-14H,1,3-4H2. The zero-order valence-electron chi connectivity index (χ0n) is 23.8. The number of hydrogen-bond donors (Lipinski definition) is 0. The topological polar surface area (TPSA) is 9.23 Å². The lowest BCUT2D eigenvalue weighted by Gasteiger charge is -2.20. The summed E-state index contributed by atoms with van der Waals surface area (Å²) in [6, 6.07) is 6.92. The first-order valence-corrected chi connectivity index (χ1v) is 13.6. The van der Waals surface area contributed by atoms with Crippen molar-refractivity contribution < 1.29 is 61.8 Å². The Bertz CT molecular complexity index is 2010. The Morgan fingerprint density at radius 3 is 1.46 bits per heavy atom. The first kappa shape index (κ1) is 34.5. The molecule has 0 fully saturated rings. The fourth-order valence-electron chi connectivity index (χ4n) is 5.25. The molecule has 1 nitrogen and oxygen atoms in total. The first-order valence-electron chi connectivity index (χ1n) is 13.6. The second-order valence-corrected chi connectivity index (χ2v) is 10.4. The third-order valence-corrected chi connectivity index (χ3v) is 7.26. The lowest BCUT2D eigenvalue weighted by Crippen LogP contribution is -2.29. The number of ether oxygens (including phenoxy) is 1. The molecule has 0 heterocycles. The van der Waals surface area contributed by atoms with Crippen LogP contribution in [0.3, 0.4) is 0 Å². The van der Waals surface area contributed by atoms with E-state index in [4.69, 9.17) is 0 Å². The van der Waals surface area contributed by atoms with Crippen molar-refractivity contribution in [1.82, 2.24) is 0 Å². The minimum atomic E-state index is -6.02. The molecule has 0 aromatic heterocycles. The number of alkyl halides is 5. The summed E-state index contributed by atoms with van der Waals surface area (Å²) in [5.41, 5.74) is -7.45. The number of rotatable bonds is 8. The molecule has 0 amide bonds. The van der Waals surface area contributed by atoms with E-state index in [1.807, 2.05) is 0 Å². The molecule has 14 heteroatoms. The molecule has 5 rings (SSSR count). The van der Waals surface area contributed by atoms with Crippen LogP contribution in [0.2, 0.25) is 0 Å². The van der Waals surface area contributed by atoms with Crippen LogP contribution in [0.5, 0.6) is 0 Å². The quantitative estimate of drug-likeness (QED) is 0.116. The van der Waals surface area contributed by atoms with Gasteiger partial charge in [0.1, 0.15) is 52.1 Å². The maximum absolute atomic E-state index is 15.5. The number of halogens is 13. The van der Waals surface area contributed by atoms with Crippen LogP contribution < -0.4 is 0 Å². The Morgan fingerprint density at radius 2 is 1.00 bits per heavy atom. The number of hydrogen-bond acceptors (Lipinski definition) is 1. The Morgan fingerprint density at radius 1 is 0.562 bits per heavy atom. The molecule has 0 saturated heterocycles. The highest BCUT2D eigenvalue weighted by Crippen LogP contribution is 2.42. The van der Waals surface area contributed by atoms with Gasteiger partial charge >= 0.3 is 12.5 Å². The van der Waals surface area contributed by atoms with Crippen molar-refractivity contribution >= 4 is 10.8 Å². The van der Waals surface area contributed by atoms with Crippen molar-refractivity contribution in [2.45, 2.75) is 25.3 Å². The molecule has 48 heavy (non-hydrogen) atoms. The summed E-state index contributed by atoms with van der Waals surface area (Å²) in [6.45, 7) is 3.60. The smallest absolute Gasteiger partial charge is 0.222 e. The molecular formula is C34H17F13O. The molecule has 0 atom stereocenters. The van der Waals surface area contributed by atoms with E-state index in [0.29, 0.717) is 37.1 Å². The van der Waals surface area contributed by atoms with E-state index in [2.05, 4.69) is 11.3 Å². The highest BCUT2D eigenvalue weighted by molar-refractivity contribution is 5.89. The van der Waals surface area contributed by atoms with Crippen LogP contribution in [0.15, 0.2) is 73.3 Å². The molecule has 0 aliphatic rings. The zero-order valence-corrected chi connectivity index (χ0v) is 23.8. The minimum absolute atomic E-state index is 0.0594. The predicted octanol–water partition coefficient (Wildman–Crippen LogP) is 11.7. The molecule has 0 bridgehead atoms. The molecule has 5 aromatic carbocycles. The number of allylic oxidation sites excluding steroid dienone is 1. The van der Waals surface area contributed by atoms with E-state index in [1.165, 1.54) is 6.07 Å². The van der Waals surface area contributed by atoms with Gasteiger partial charge in [-0.25, -0.2) is 39.9 Å². The third kappa shape index (κ3) is 6.61. The molecule has 250 valence electrons. The molecule has 0 saturated carbocycles. The van der Waals surface area contributed by atoms with E-state index in [-0.39, 0.29) is 22.9 Å². The van der Waals surface area contributed by atoms with Gasteiger partial charge in [-0.05, 0) is 82.9 Å². The maximum atomic E-state index is 15.5. The zero-order chi connectivity index (χ0) is 35.3. The van der Waals surface area contributed by atoms with Crippen LogP contribution in [0.1, 0.15) is 17.5 Å². The summed E-state index contributed by atoms with van der Waals surface area (Å²) in [4.78, 5) is 0. The van der Waals surface area contributed by atoms with Crippen molar-refractivity contribution in [2.24, 2.45) is 0 Å². The van der Waals surface area contributed by atoms with Gasteiger partial charge in [-0.15, -0.1) is 19.8 Å². The van der Waals surface area contributed by atoms with Crippen LogP contribution in [-0.2, 0) is 17.3 Å². The second-order valence-electron chi connectivity index (χ2n) is 10.4. The number of benzene rings is 5. The normalized spacial score (nSPS) is 12.2. The molecule has 0 aliphatic heterocycles. The van der Waals surface area contributed by atoms with E-state index < -0.39 is 98.0 Å². The van der Waals surface area contributed by atoms with Gasteiger partial charge in [0.15, 0.2) is 0 Å². The number of fused-ring (bicyclic) bond motifs is 1. The molecule has 5 aromatic rings. The van der Waals surface area contributed by atoms with Crippen molar-refractivity contribution in [1.29, 1.82) is 0 Å². The fraction of sp³-hybridized carbons (Fsp3) is 0.118. The average Bonchev–Trinajstić information content (AvgIpc) is 2.93. The van der Waals surface area contributed by atoms with Gasteiger partial charge in [-0.1, -0.05) is 24.3 Å². The maximum Gasteiger partial charge on any atom is 0.527 e. The van der Waals surface area contributed by atoms with Crippen LogP contribution >= 0.6 is 0 Å². The third-order valence-electron chi connectivity index (χ3n) is 7.26. The molecule has 0 unspecified atom stereocenters. The highest BCUT2D eigenvalue weighted by atomic mass is 19.4. The van der Waals surface area contributed by atoms with Crippen molar-refractivity contribution in [3.05, 3.63) is 131 Å². The average molecular weight is 688 g/mol. The molecule has 0 spiro atoms. The number of aryl methyl sites for hydroxylation is 1. The largest absolute Gasteiger partial charge is 0.527 e. The summed E-state index contributed by atoms with van der Waals surface area (Å²) < 4.78 is 187. The minimum Gasteiger partial charge on any atom is -0.222 e. The monoisotopic (exact) mass is 688 g/mol. The van der Waals surface area contributed by atoms with Crippen LogP contribution in [0, 0.1) is 46.5 Å². The summed E-state index contributed by atoms with van der Waals surface area (Å²) in [5, 5.41) is 0.118.